The molecule has 8 rings (SSSR count). The molecule has 206 valence electrons. The van der Waals surface area contributed by atoms with Crippen molar-refractivity contribution in [3.63, 3.8) is 0 Å². The Morgan fingerprint density at radius 3 is 1.64 bits per heavy atom. The first-order valence-corrected chi connectivity index (χ1v) is 13.6. The van der Waals surface area contributed by atoms with Gasteiger partial charge in [0.2, 0.25) is 0 Å². The van der Waals surface area contributed by atoms with Crippen LogP contribution in [0.4, 0.5) is 5.69 Å². The molecular weight excluding hydrogens is 534 g/mol. The molecule has 42 heavy (non-hydrogen) atoms. The molecule has 4 aliphatic rings. The molecule has 0 unspecified atom stereocenters. The van der Waals surface area contributed by atoms with Gasteiger partial charge < -0.3 is 0 Å². The summed E-state index contributed by atoms with van der Waals surface area (Å²) in [6.45, 7) is -0.652. The summed E-state index contributed by atoms with van der Waals surface area (Å²) in [6, 6.07) is 29.0. The maximum absolute atomic E-state index is 14.3. The van der Waals surface area contributed by atoms with Gasteiger partial charge in [0.1, 0.15) is 12.1 Å². The van der Waals surface area contributed by atoms with E-state index in [9.17, 15) is 29.3 Å². The lowest BCUT2D eigenvalue weighted by molar-refractivity contribution is -0.385. The number of nitro groups is 1. The SMILES string of the molecule is O=C(CN(C(=O)c1ccccc1[N+](=O)[O-])N1C(=O)[C@@H]2C3c4ccccc4C(c4ccccc43)[C@@H]2C1=O)c1ccccc1. The summed E-state index contributed by atoms with van der Waals surface area (Å²) in [7, 11) is 0. The molecule has 0 aromatic heterocycles. The zero-order chi connectivity index (χ0) is 29.1. The van der Waals surface area contributed by atoms with Crippen LogP contribution in [-0.2, 0) is 9.59 Å². The van der Waals surface area contributed by atoms with Crippen molar-refractivity contribution in [2.75, 3.05) is 6.54 Å². The number of hydrogen-bond donors (Lipinski definition) is 0. The molecule has 3 amide bonds. The van der Waals surface area contributed by atoms with E-state index in [0.29, 0.717) is 0 Å². The average molecular weight is 558 g/mol. The monoisotopic (exact) mass is 557 g/mol. The van der Waals surface area contributed by atoms with Gasteiger partial charge in [0.25, 0.3) is 23.4 Å². The summed E-state index contributed by atoms with van der Waals surface area (Å²) in [5.74, 6) is -5.11. The molecule has 4 aromatic carbocycles. The lowest BCUT2D eigenvalue weighted by Gasteiger charge is -2.45. The normalized spacial score (nSPS) is 21.4. The number of nitro benzene ring substituents is 1. The van der Waals surface area contributed by atoms with E-state index >= 15 is 0 Å². The number of benzene rings is 4. The van der Waals surface area contributed by atoms with Gasteiger partial charge in [0, 0.05) is 23.5 Å². The largest absolute Gasteiger partial charge is 0.292 e. The fourth-order valence-electron chi connectivity index (χ4n) is 6.94. The van der Waals surface area contributed by atoms with E-state index in [0.717, 1.165) is 32.3 Å². The molecule has 3 aliphatic carbocycles. The smallest absolute Gasteiger partial charge is 0.282 e. The number of ketones is 1. The molecule has 0 saturated carbocycles. The third-order valence-corrected chi connectivity index (χ3v) is 8.62. The van der Waals surface area contributed by atoms with Crippen LogP contribution in [-0.4, -0.2) is 45.0 Å². The quantitative estimate of drug-likeness (QED) is 0.146. The zero-order valence-corrected chi connectivity index (χ0v) is 22.1. The number of amides is 3. The zero-order valence-electron chi connectivity index (χ0n) is 22.1. The number of hydrazine groups is 1. The lowest BCUT2D eigenvalue weighted by Crippen LogP contribution is -2.52. The minimum atomic E-state index is -0.977. The molecular formula is C33H23N3O6. The summed E-state index contributed by atoms with van der Waals surface area (Å²) < 4.78 is 0. The third-order valence-electron chi connectivity index (χ3n) is 8.62. The molecule has 2 bridgehead atoms. The summed E-state index contributed by atoms with van der Waals surface area (Å²) in [5.41, 5.74) is 3.30. The molecule has 1 fully saturated rings. The molecule has 0 N–H and O–H groups in total. The van der Waals surface area contributed by atoms with E-state index < -0.39 is 64.3 Å². The van der Waals surface area contributed by atoms with Crippen LogP contribution >= 0.6 is 0 Å². The van der Waals surface area contributed by atoms with Crippen LogP contribution in [0.3, 0.4) is 0 Å². The Labute approximate surface area is 240 Å². The first kappa shape index (κ1) is 25.5. The Hall–Kier alpha value is -5.44. The predicted octanol–water partition coefficient (Wildman–Crippen LogP) is 4.73. The van der Waals surface area contributed by atoms with Gasteiger partial charge in [0.15, 0.2) is 5.78 Å². The molecule has 1 heterocycles. The number of imide groups is 1. The van der Waals surface area contributed by atoms with Gasteiger partial charge in [-0.05, 0) is 28.3 Å². The van der Waals surface area contributed by atoms with E-state index in [2.05, 4.69) is 0 Å². The van der Waals surface area contributed by atoms with Gasteiger partial charge in [-0.3, -0.25) is 29.3 Å². The van der Waals surface area contributed by atoms with E-state index in [1.807, 2.05) is 48.5 Å². The van der Waals surface area contributed by atoms with Crippen molar-refractivity contribution in [3.8, 4) is 0 Å². The predicted molar refractivity (Wildman–Crippen MR) is 150 cm³/mol. The Balaban J connectivity index is 1.36. The highest BCUT2D eigenvalue weighted by Crippen LogP contribution is 2.61. The average Bonchev–Trinajstić information content (AvgIpc) is 3.29. The number of para-hydroxylation sites is 1. The van der Waals surface area contributed by atoms with Gasteiger partial charge >= 0.3 is 0 Å². The van der Waals surface area contributed by atoms with E-state index in [-0.39, 0.29) is 11.1 Å². The first-order valence-electron chi connectivity index (χ1n) is 13.6. The van der Waals surface area contributed by atoms with Crippen LogP contribution < -0.4 is 0 Å². The van der Waals surface area contributed by atoms with Crippen LogP contribution in [0.5, 0.6) is 0 Å². The van der Waals surface area contributed by atoms with Crippen molar-refractivity contribution >= 4 is 29.2 Å². The number of rotatable bonds is 6. The number of nitrogens with zero attached hydrogens (tertiary/aromatic N) is 3. The standard InChI is InChI=1S/C33H23N3O6/c37-26(19-10-2-1-3-11-19)18-34(31(38)24-16-8-9-17-25(24)36(41)42)35-32(39)29-27-20-12-4-5-13-21(20)28(30(29)33(35)40)23-15-7-6-14-22(23)27/h1-17,27-30H,18H2/t27?,28?,29-,30+. The molecule has 4 aromatic rings. The van der Waals surface area contributed by atoms with E-state index in [1.165, 1.54) is 24.3 Å². The fraction of sp³-hybridized carbons (Fsp3) is 0.152. The van der Waals surface area contributed by atoms with Crippen LogP contribution in [0.25, 0.3) is 0 Å². The van der Waals surface area contributed by atoms with E-state index in [1.54, 1.807) is 30.3 Å². The number of carbonyl (C=O) groups is 4. The van der Waals surface area contributed by atoms with Crippen LogP contribution in [0.2, 0.25) is 0 Å². The van der Waals surface area contributed by atoms with Gasteiger partial charge in [-0.2, -0.15) is 5.01 Å². The van der Waals surface area contributed by atoms with Crippen LogP contribution in [0.1, 0.15) is 54.8 Å². The van der Waals surface area contributed by atoms with Crippen molar-refractivity contribution in [3.05, 3.63) is 147 Å². The first-order chi connectivity index (χ1) is 20.4. The lowest BCUT2D eigenvalue weighted by atomic mass is 9.55. The maximum Gasteiger partial charge on any atom is 0.282 e. The van der Waals surface area contributed by atoms with Crippen LogP contribution in [0.15, 0.2) is 103 Å². The second-order valence-electron chi connectivity index (χ2n) is 10.7. The van der Waals surface area contributed by atoms with Gasteiger partial charge in [-0.25, -0.2) is 5.01 Å². The second-order valence-corrected chi connectivity index (χ2v) is 10.7. The topological polar surface area (TPSA) is 118 Å². The molecule has 1 aliphatic heterocycles. The van der Waals surface area contributed by atoms with Crippen molar-refractivity contribution in [1.29, 1.82) is 0 Å². The molecule has 9 heteroatoms. The van der Waals surface area contributed by atoms with E-state index in [4.69, 9.17) is 0 Å². The van der Waals surface area contributed by atoms with Gasteiger partial charge in [-0.15, -0.1) is 0 Å². The maximum atomic E-state index is 14.3. The van der Waals surface area contributed by atoms with Crippen molar-refractivity contribution in [2.45, 2.75) is 11.8 Å². The summed E-state index contributed by atoms with van der Waals surface area (Å²) in [4.78, 5) is 67.3. The minimum absolute atomic E-state index is 0.272. The highest BCUT2D eigenvalue weighted by molar-refractivity contribution is 6.11. The summed E-state index contributed by atoms with van der Waals surface area (Å²) in [6.07, 6.45) is 0. The van der Waals surface area contributed by atoms with Crippen molar-refractivity contribution < 1.29 is 24.1 Å². The Morgan fingerprint density at radius 2 is 1.14 bits per heavy atom. The fourth-order valence-corrected chi connectivity index (χ4v) is 6.94. The minimum Gasteiger partial charge on any atom is -0.292 e. The van der Waals surface area contributed by atoms with Gasteiger partial charge in [0.05, 0.1) is 16.8 Å². The van der Waals surface area contributed by atoms with Crippen molar-refractivity contribution in [1.82, 2.24) is 10.0 Å². The summed E-state index contributed by atoms with van der Waals surface area (Å²) >= 11 is 0. The number of Topliss-reactive ketones (excluding diaryl/α,β-unsaturated/α-hetero) is 1. The molecule has 0 radical (unpaired) electrons. The Bertz CT molecular complexity index is 1700. The van der Waals surface area contributed by atoms with Crippen molar-refractivity contribution in [2.24, 2.45) is 11.8 Å². The second kappa shape index (κ2) is 9.59. The third kappa shape index (κ3) is 3.63. The number of carbonyl (C=O) groups excluding carboxylic acids is 4. The van der Waals surface area contributed by atoms with Gasteiger partial charge in [-0.1, -0.05) is 91.0 Å². The number of hydrogen-bond acceptors (Lipinski definition) is 6. The Kier molecular flexibility index (Phi) is 5.83. The highest BCUT2D eigenvalue weighted by Gasteiger charge is 2.63. The highest BCUT2D eigenvalue weighted by atomic mass is 16.6. The molecule has 0 spiro atoms. The molecule has 2 atom stereocenters. The Morgan fingerprint density at radius 1 is 0.690 bits per heavy atom. The van der Waals surface area contributed by atoms with Crippen LogP contribution in [0, 0.1) is 22.0 Å². The molecule has 9 nitrogen and oxygen atoms in total. The summed E-state index contributed by atoms with van der Waals surface area (Å²) in [5, 5.41) is 13.4. The molecule has 1 saturated heterocycles.